The number of aryl methyl sites for hydroxylation is 1. The number of Topliss-reactive ketones (excluding diaryl/α,β-unsaturated/α-hetero) is 1. The van der Waals surface area contributed by atoms with Gasteiger partial charge in [0, 0.05) is 11.3 Å². The van der Waals surface area contributed by atoms with Crippen LogP contribution in [0.1, 0.15) is 16.2 Å². The van der Waals surface area contributed by atoms with Gasteiger partial charge in [0.25, 0.3) is 5.82 Å². The van der Waals surface area contributed by atoms with E-state index in [4.69, 9.17) is 0 Å². The first-order chi connectivity index (χ1) is 9.35. The monoisotopic (exact) mass is 294 g/mol. The minimum atomic E-state index is -3.30. The lowest BCUT2D eigenvalue weighted by Crippen LogP contribution is -2.31. The highest BCUT2D eigenvalue weighted by molar-refractivity contribution is 7.92. The molecule has 106 valence electrons. The normalized spacial score (nSPS) is 11.3. The van der Waals surface area contributed by atoms with Crippen molar-refractivity contribution in [2.24, 2.45) is 7.05 Å². The van der Waals surface area contributed by atoms with Crippen molar-refractivity contribution in [3.05, 3.63) is 48.0 Å². The molecule has 0 saturated heterocycles. The number of sulfonamides is 1. The van der Waals surface area contributed by atoms with Crippen LogP contribution in [0.15, 0.2) is 36.7 Å². The minimum absolute atomic E-state index is 0.0334. The van der Waals surface area contributed by atoms with Crippen molar-refractivity contribution < 1.29 is 17.8 Å². The summed E-state index contributed by atoms with van der Waals surface area (Å²) in [4.78, 5) is 15.1. The number of nitrogens with one attached hydrogen (secondary N) is 2. The Morgan fingerprint density at radius 3 is 2.45 bits per heavy atom. The molecule has 20 heavy (non-hydrogen) atoms. The second kappa shape index (κ2) is 5.46. The molecule has 0 bridgehead atoms. The fourth-order valence-corrected chi connectivity index (χ4v) is 2.37. The molecule has 1 heterocycles. The van der Waals surface area contributed by atoms with Crippen LogP contribution >= 0.6 is 0 Å². The molecular weight excluding hydrogens is 278 g/mol. The predicted octanol–water partition coefficient (Wildman–Crippen LogP) is 0.636. The number of imidazole rings is 1. The average Bonchev–Trinajstić information content (AvgIpc) is 2.74. The number of carbonyl (C=O) groups excluding carboxylic acids is 1. The first-order valence-electron chi connectivity index (χ1n) is 5.98. The number of H-pyrrole nitrogens is 1. The highest BCUT2D eigenvalue weighted by atomic mass is 32.2. The number of aromatic nitrogens is 2. The Bertz CT molecular complexity index is 718. The zero-order valence-corrected chi connectivity index (χ0v) is 12.1. The molecular formula is C13H16N3O3S+. The van der Waals surface area contributed by atoms with Gasteiger partial charge in [0.2, 0.25) is 10.0 Å². The van der Waals surface area contributed by atoms with Crippen LogP contribution in [0.5, 0.6) is 0 Å². The van der Waals surface area contributed by atoms with Crippen LogP contribution in [0, 0.1) is 0 Å². The van der Waals surface area contributed by atoms with Crippen molar-refractivity contribution >= 4 is 21.5 Å². The molecule has 0 saturated carbocycles. The molecule has 0 radical (unpaired) electrons. The van der Waals surface area contributed by atoms with Crippen LogP contribution < -0.4 is 9.29 Å². The molecule has 0 amide bonds. The summed E-state index contributed by atoms with van der Waals surface area (Å²) in [5, 5.41) is 0. The molecule has 0 aliphatic heterocycles. The van der Waals surface area contributed by atoms with Crippen LogP contribution in [0.2, 0.25) is 0 Å². The van der Waals surface area contributed by atoms with Gasteiger partial charge < -0.3 is 0 Å². The number of anilines is 1. The van der Waals surface area contributed by atoms with E-state index in [0.717, 1.165) is 12.1 Å². The fraction of sp³-hybridized carbons (Fsp3) is 0.231. The standard InChI is InChI=1S/C13H15N3O3S/c1-16-8-7-14-13(16)9-12(17)10-3-5-11(6-4-10)15-20(2,18)19/h3-8H,9H2,1-2H3,(H,15,17)/p+1. The highest BCUT2D eigenvalue weighted by Gasteiger charge is 2.14. The molecule has 0 aliphatic rings. The van der Waals surface area contributed by atoms with Gasteiger partial charge in [0.15, 0.2) is 5.78 Å². The molecule has 2 N–H and O–H groups in total. The Hall–Kier alpha value is -2.15. The molecule has 1 aromatic carbocycles. The van der Waals surface area contributed by atoms with Crippen LogP contribution in [0.3, 0.4) is 0 Å². The fourth-order valence-electron chi connectivity index (χ4n) is 1.81. The maximum absolute atomic E-state index is 12.1. The summed E-state index contributed by atoms with van der Waals surface area (Å²) in [6.45, 7) is 0. The first kappa shape index (κ1) is 14.3. The summed E-state index contributed by atoms with van der Waals surface area (Å²) in [7, 11) is -1.44. The second-order valence-corrected chi connectivity index (χ2v) is 6.32. The number of ketones is 1. The second-order valence-electron chi connectivity index (χ2n) is 4.57. The largest absolute Gasteiger partial charge is 0.293 e. The number of hydrogen-bond acceptors (Lipinski definition) is 3. The summed E-state index contributed by atoms with van der Waals surface area (Å²) in [6, 6.07) is 6.36. The lowest BCUT2D eigenvalue weighted by molar-refractivity contribution is -0.677. The van der Waals surface area contributed by atoms with Crippen molar-refractivity contribution in [1.82, 2.24) is 4.98 Å². The molecule has 0 fully saturated rings. The van der Waals surface area contributed by atoms with Gasteiger partial charge in [-0.3, -0.25) is 9.52 Å². The quantitative estimate of drug-likeness (QED) is 0.627. The molecule has 0 atom stereocenters. The number of hydrogen-bond donors (Lipinski definition) is 2. The van der Waals surface area contributed by atoms with E-state index in [1.165, 1.54) is 0 Å². The van der Waals surface area contributed by atoms with Crippen LogP contribution in [0.25, 0.3) is 0 Å². The number of rotatable bonds is 5. The van der Waals surface area contributed by atoms with E-state index in [-0.39, 0.29) is 12.2 Å². The van der Waals surface area contributed by atoms with Gasteiger partial charge in [-0.05, 0) is 24.3 Å². The van der Waals surface area contributed by atoms with Crippen molar-refractivity contribution in [3.63, 3.8) is 0 Å². The Morgan fingerprint density at radius 1 is 1.30 bits per heavy atom. The van der Waals surface area contributed by atoms with E-state index < -0.39 is 10.0 Å². The minimum Gasteiger partial charge on any atom is -0.293 e. The summed E-state index contributed by atoms with van der Waals surface area (Å²) < 4.78 is 26.4. The molecule has 2 rings (SSSR count). The van der Waals surface area contributed by atoms with E-state index in [9.17, 15) is 13.2 Å². The molecule has 0 aliphatic carbocycles. The van der Waals surface area contributed by atoms with Gasteiger partial charge in [-0.1, -0.05) is 0 Å². The summed E-state index contributed by atoms with van der Waals surface area (Å²) in [5.41, 5.74) is 0.980. The summed E-state index contributed by atoms with van der Waals surface area (Å²) >= 11 is 0. The van der Waals surface area contributed by atoms with Crippen molar-refractivity contribution in [1.29, 1.82) is 0 Å². The van der Waals surface area contributed by atoms with Gasteiger partial charge in [-0.15, -0.1) is 0 Å². The van der Waals surface area contributed by atoms with E-state index in [1.54, 1.807) is 30.5 Å². The topological polar surface area (TPSA) is 82.9 Å². The van der Waals surface area contributed by atoms with Gasteiger partial charge in [0.1, 0.15) is 18.8 Å². The molecule has 1 aromatic heterocycles. The molecule has 7 heteroatoms. The Balaban J connectivity index is 2.10. The van der Waals surface area contributed by atoms with Crippen LogP contribution in [-0.2, 0) is 23.5 Å². The zero-order valence-electron chi connectivity index (χ0n) is 11.3. The first-order valence-corrected chi connectivity index (χ1v) is 7.87. The van der Waals surface area contributed by atoms with Gasteiger partial charge in [0.05, 0.1) is 13.3 Å². The molecule has 2 aromatic rings. The molecule has 6 nitrogen and oxygen atoms in total. The van der Waals surface area contributed by atoms with E-state index in [2.05, 4.69) is 9.71 Å². The van der Waals surface area contributed by atoms with Crippen molar-refractivity contribution in [2.75, 3.05) is 11.0 Å². The van der Waals surface area contributed by atoms with Crippen LogP contribution in [-0.4, -0.2) is 25.4 Å². The maximum Gasteiger partial charge on any atom is 0.261 e. The Labute approximate surface area is 117 Å². The number of carbonyl (C=O) groups is 1. The number of nitrogens with zero attached hydrogens (tertiary/aromatic N) is 1. The summed E-state index contributed by atoms with van der Waals surface area (Å²) in [6.07, 6.45) is 4.95. The summed E-state index contributed by atoms with van der Waals surface area (Å²) in [5.74, 6) is 0.780. The lowest BCUT2D eigenvalue weighted by atomic mass is 10.1. The van der Waals surface area contributed by atoms with Gasteiger partial charge in [-0.2, -0.15) is 0 Å². The van der Waals surface area contributed by atoms with Gasteiger partial charge >= 0.3 is 0 Å². The molecule has 0 spiro atoms. The number of benzene rings is 1. The van der Waals surface area contributed by atoms with Crippen LogP contribution in [0.4, 0.5) is 5.69 Å². The average molecular weight is 294 g/mol. The predicted molar refractivity (Wildman–Crippen MR) is 74.9 cm³/mol. The number of aromatic amines is 1. The zero-order chi connectivity index (χ0) is 14.8. The third kappa shape index (κ3) is 3.67. The van der Waals surface area contributed by atoms with Gasteiger partial charge in [-0.25, -0.2) is 18.0 Å². The Morgan fingerprint density at radius 2 is 1.95 bits per heavy atom. The smallest absolute Gasteiger partial charge is 0.261 e. The van der Waals surface area contributed by atoms with E-state index in [1.807, 2.05) is 17.8 Å². The van der Waals surface area contributed by atoms with Crippen molar-refractivity contribution in [2.45, 2.75) is 6.42 Å². The lowest BCUT2D eigenvalue weighted by Gasteiger charge is -2.04. The highest BCUT2D eigenvalue weighted by Crippen LogP contribution is 2.12. The molecule has 0 unspecified atom stereocenters. The van der Waals surface area contributed by atoms with E-state index in [0.29, 0.717) is 11.3 Å². The SMILES string of the molecule is C[n+]1cc[nH]c1CC(=O)c1ccc(NS(C)(=O)=O)cc1. The van der Waals surface area contributed by atoms with Crippen molar-refractivity contribution in [3.8, 4) is 0 Å². The third-order valence-corrected chi connectivity index (χ3v) is 3.42. The van der Waals surface area contributed by atoms with E-state index >= 15 is 0 Å². The Kier molecular flexibility index (Phi) is 3.89. The third-order valence-electron chi connectivity index (χ3n) is 2.81. The maximum atomic E-state index is 12.1.